The summed E-state index contributed by atoms with van der Waals surface area (Å²) in [5.74, 6) is 0.0124. The second-order valence-corrected chi connectivity index (χ2v) is 5.02. The summed E-state index contributed by atoms with van der Waals surface area (Å²) in [5, 5.41) is 21.8. The molecule has 0 radical (unpaired) electrons. The maximum absolute atomic E-state index is 11.2. The fourth-order valence-corrected chi connectivity index (χ4v) is 3.18. The Morgan fingerprint density at radius 3 is 3.00 bits per heavy atom. The molecule has 3 N–H and O–H groups in total. The number of benzene rings is 1. The summed E-state index contributed by atoms with van der Waals surface area (Å²) in [6.45, 7) is 0.753. The zero-order valence-corrected chi connectivity index (χ0v) is 9.39. The number of hydrogen-bond donors (Lipinski definition) is 3. The molecule has 0 amide bonds. The number of phenolic OH excluding ortho intramolecular Hbond substituents is 1. The Bertz CT molecular complexity index is 472. The summed E-state index contributed by atoms with van der Waals surface area (Å²) in [6, 6.07) is 4.80. The van der Waals surface area contributed by atoms with Gasteiger partial charge in [0.1, 0.15) is 11.8 Å². The molecule has 0 saturated carbocycles. The van der Waals surface area contributed by atoms with E-state index in [-0.39, 0.29) is 11.7 Å². The lowest BCUT2D eigenvalue weighted by Gasteiger charge is -2.40. The van der Waals surface area contributed by atoms with Gasteiger partial charge in [-0.2, -0.15) is 0 Å². The minimum atomic E-state index is -0.783. The molecule has 90 valence electrons. The van der Waals surface area contributed by atoms with Crippen LogP contribution in [0.5, 0.6) is 5.75 Å². The number of aliphatic carboxylic acids is 1. The minimum Gasteiger partial charge on any atom is -0.508 e. The molecule has 3 rings (SSSR count). The van der Waals surface area contributed by atoms with Crippen molar-refractivity contribution in [3.05, 3.63) is 29.3 Å². The van der Waals surface area contributed by atoms with E-state index >= 15 is 0 Å². The van der Waals surface area contributed by atoms with Crippen LogP contribution in [0.4, 0.5) is 0 Å². The van der Waals surface area contributed by atoms with Crippen LogP contribution in [0.15, 0.2) is 18.2 Å². The zero-order valence-electron chi connectivity index (χ0n) is 9.39. The molecule has 2 aliphatic rings. The van der Waals surface area contributed by atoms with Crippen LogP contribution >= 0.6 is 0 Å². The molecule has 1 heterocycles. The first-order valence-electron chi connectivity index (χ1n) is 5.93. The van der Waals surface area contributed by atoms with E-state index in [1.54, 1.807) is 12.1 Å². The van der Waals surface area contributed by atoms with Gasteiger partial charge in [0.15, 0.2) is 0 Å². The summed E-state index contributed by atoms with van der Waals surface area (Å²) in [5.41, 5.74) is 2.19. The number of carboxylic acid groups (broad SMARTS) is 1. The molecule has 0 unspecified atom stereocenters. The summed E-state index contributed by atoms with van der Waals surface area (Å²) < 4.78 is 0. The molecular formula is C13H15NO3. The van der Waals surface area contributed by atoms with Crippen LogP contribution in [0.1, 0.15) is 23.5 Å². The van der Waals surface area contributed by atoms with E-state index in [1.807, 2.05) is 6.07 Å². The third-order valence-corrected chi connectivity index (χ3v) is 3.92. The predicted molar refractivity (Wildman–Crippen MR) is 62.1 cm³/mol. The van der Waals surface area contributed by atoms with E-state index in [1.165, 1.54) is 0 Å². The lowest BCUT2D eigenvalue weighted by atomic mass is 9.71. The molecule has 2 bridgehead atoms. The predicted octanol–water partition coefficient (Wildman–Crippen LogP) is 1.09. The van der Waals surface area contributed by atoms with Crippen LogP contribution in [-0.4, -0.2) is 28.8 Å². The van der Waals surface area contributed by atoms with Crippen molar-refractivity contribution < 1.29 is 15.0 Å². The minimum absolute atomic E-state index is 0.0376. The fraction of sp³-hybridized carbons (Fsp3) is 0.462. The van der Waals surface area contributed by atoms with Gasteiger partial charge in [-0.25, -0.2) is 0 Å². The quantitative estimate of drug-likeness (QED) is 0.679. The first-order valence-corrected chi connectivity index (χ1v) is 5.93. The van der Waals surface area contributed by atoms with Crippen LogP contribution < -0.4 is 5.32 Å². The first kappa shape index (κ1) is 10.6. The molecule has 0 spiro atoms. The van der Waals surface area contributed by atoms with Gasteiger partial charge in [-0.05, 0) is 48.6 Å². The Morgan fingerprint density at radius 1 is 1.41 bits per heavy atom. The van der Waals surface area contributed by atoms with Gasteiger partial charge in [0.2, 0.25) is 0 Å². The molecule has 1 aromatic carbocycles. The van der Waals surface area contributed by atoms with Crippen molar-refractivity contribution in [3.63, 3.8) is 0 Å². The maximum atomic E-state index is 11.2. The van der Waals surface area contributed by atoms with Gasteiger partial charge >= 0.3 is 5.97 Å². The number of phenols is 1. The molecule has 4 nitrogen and oxygen atoms in total. The van der Waals surface area contributed by atoms with Crippen LogP contribution in [0.2, 0.25) is 0 Å². The van der Waals surface area contributed by atoms with E-state index in [9.17, 15) is 15.0 Å². The van der Waals surface area contributed by atoms with Crippen molar-refractivity contribution in [1.29, 1.82) is 0 Å². The van der Waals surface area contributed by atoms with E-state index in [4.69, 9.17) is 0 Å². The number of rotatable bonds is 1. The number of fused-ring (bicyclic) bond motifs is 4. The number of nitrogens with one attached hydrogen (secondary N) is 1. The van der Waals surface area contributed by atoms with Crippen molar-refractivity contribution in [3.8, 4) is 5.75 Å². The second kappa shape index (κ2) is 3.74. The van der Waals surface area contributed by atoms with E-state index in [0.29, 0.717) is 5.92 Å². The highest BCUT2D eigenvalue weighted by molar-refractivity contribution is 5.75. The molecular weight excluding hydrogens is 218 g/mol. The molecule has 1 aliphatic heterocycles. The van der Waals surface area contributed by atoms with Gasteiger partial charge in [0.25, 0.3) is 0 Å². The standard InChI is InChI=1S/C13H15NO3/c15-9-1-2-10-8(5-9)3-7-4-11(10)12(13(16)17)14-6-7/h1-2,5,7,11-12,14-15H,3-4,6H2,(H,16,17)/t7-,11+,12-/m0/s1. The maximum Gasteiger partial charge on any atom is 0.321 e. The normalized spacial score (nSPS) is 30.7. The SMILES string of the molecule is O=C(O)[C@H]1NC[C@H]2Cc3cc(O)ccc3[C@H]1C2. The summed E-state index contributed by atoms with van der Waals surface area (Å²) in [6.07, 6.45) is 1.86. The third kappa shape index (κ3) is 1.69. The molecule has 3 atom stereocenters. The number of piperidine rings is 1. The number of carboxylic acids is 1. The molecule has 0 aromatic heterocycles. The van der Waals surface area contributed by atoms with Gasteiger partial charge in [0, 0.05) is 5.92 Å². The van der Waals surface area contributed by atoms with E-state index in [0.717, 1.165) is 30.5 Å². The summed E-state index contributed by atoms with van der Waals surface area (Å²) in [7, 11) is 0. The average Bonchev–Trinajstić information content (AvgIpc) is 2.28. The second-order valence-electron chi connectivity index (χ2n) is 5.02. The van der Waals surface area contributed by atoms with Crippen LogP contribution in [-0.2, 0) is 11.2 Å². The molecule has 4 heteroatoms. The van der Waals surface area contributed by atoms with Crippen LogP contribution in [0, 0.1) is 5.92 Å². The number of carbonyl (C=O) groups is 1. The Labute approximate surface area is 99.3 Å². The monoisotopic (exact) mass is 233 g/mol. The highest BCUT2D eigenvalue weighted by Crippen LogP contribution is 2.40. The first-order chi connectivity index (χ1) is 8.15. The highest BCUT2D eigenvalue weighted by atomic mass is 16.4. The van der Waals surface area contributed by atoms with Gasteiger partial charge in [-0.1, -0.05) is 6.07 Å². The van der Waals surface area contributed by atoms with Gasteiger partial charge in [0.05, 0.1) is 0 Å². The molecule has 1 fully saturated rings. The van der Waals surface area contributed by atoms with Crippen LogP contribution in [0.25, 0.3) is 0 Å². The molecule has 17 heavy (non-hydrogen) atoms. The van der Waals surface area contributed by atoms with Gasteiger partial charge in [-0.15, -0.1) is 0 Å². The molecule has 1 aliphatic carbocycles. The molecule has 1 aromatic rings. The van der Waals surface area contributed by atoms with Crippen molar-refractivity contribution in [2.45, 2.75) is 24.8 Å². The van der Waals surface area contributed by atoms with Crippen molar-refractivity contribution in [2.24, 2.45) is 5.92 Å². The smallest absolute Gasteiger partial charge is 0.321 e. The Morgan fingerprint density at radius 2 is 2.24 bits per heavy atom. The highest BCUT2D eigenvalue weighted by Gasteiger charge is 2.39. The summed E-state index contributed by atoms with van der Waals surface area (Å²) >= 11 is 0. The lowest BCUT2D eigenvalue weighted by molar-refractivity contribution is -0.141. The topological polar surface area (TPSA) is 69.6 Å². The molecule has 1 saturated heterocycles. The lowest BCUT2D eigenvalue weighted by Crippen LogP contribution is -2.51. The van der Waals surface area contributed by atoms with E-state index in [2.05, 4.69) is 5.32 Å². The summed E-state index contributed by atoms with van der Waals surface area (Å²) in [4.78, 5) is 11.2. The van der Waals surface area contributed by atoms with Crippen molar-refractivity contribution >= 4 is 5.97 Å². The van der Waals surface area contributed by atoms with Gasteiger partial charge < -0.3 is 15.5 Å². The van der Waals surface area contributed by atoms with Crippen molar-refractivity contribution in [1.82, 2.24) is 5.32 Å². The van der Waals surface area contributed by atoms with Gasteiger partial charge in [-0.3, -0.25) is 4.79 Å². The number of aromatic hydroxyl groups is 1. The van der Waals surface area contributed by atoms with Crippen molar-refractivity contribution in [2.75, 3.05) is 6.54 Å². The van der Waals surface area contributed by atoms with Crippen LogP contribution in [0.3, 0.4) is 0 Å². The van der Waals surface area contributed by atoms with E-state index < -0.39 is 12.0 Å². The third-order valence-electron chi connectivity index (χ3n) is 3.92. The number of hydrogen-bond acceptors (Lipinski definition) is 3. The average molecular weight is 233 g/mol. The zero-order chi connectivity index (χ0) is 12.0. The fourth-order valence-electron chi connectivity index (χ4n) is 3.18. The Kier molecular flexibility index (Phi) is 2.33. The Hall–Kier alpha value is -1.55. The Balaban J connectivity index is 2.04. The largest absolute Gasteiger partial charge is 0.508 e.